The van der Waals surface area contributed by atoms with E-state index in [1.807, 2.05) is 6.92 Å². The quantitative estimate of drug-likeness (QED) is 0.876. The van der Waals surface area contributed by atoms with E-state index in [1.54, 1.807) is 0 Å². The maximum atomic E-state index is 13.6. The molecule has 0 unspecified atom stereocenters. The molecule has 0 spiro atoms. The summed E-state index contributed by atoms with van der Waals surface area (Å²) in [6, 6.07) is 4.26. The van der Waals surface area contributed by atoms with E-state index in [9.17, 15) is 4.39 Å². The van der Waals surface area contributed by atoms with Crippen molar-refractivity contribution >= 4 is 17.4 Å². The Morgan fingerprint density at radius 2 is 2.25 bits per heavy atom. The number of nitrogens with zero attached hydrogens (tertiary/aromatic N) is 1. The molecule has 1 aromatic carbocycles. The van der Waals surface area contributed by atoms with Gasteiger partial charge in [0.05, 0.1) is 5.56 Å². The van der Waals surface area contributed by atoms with E-state index in [4.69, 9.17) is 21.9 Å². The summed E-state index contributed by atoms with van der Waals surface area (Å²) in [4.78, 5) is 0. The molecule has 0 saturated heterocycles. The number of halogens is 2. The van der Waals surface area contributed by atoms with Crippen molar-refractivity contribution in [2.75, 3.05) is 5.73 Å². The Morgan fingerprint density at radius 3 is 2.94 bits per heavy atom. The molecule has 1 aromatic heterocycles. The second-order valence-electron chi connectivity index (χ2n) is 3.35. The minimum atomic E-state index is -0.407. The van der Waals surface area contributed by atoms with Gasteiger partial charge in [-0.3, -0.25) is 0 Å². The highest BCUT2D eigenvalue weighted by Gasteiger charge is 2.17. The highest BCUT2D eigenvalue weighted by Crippen LogP contribution is 2.31. The van der Waals surface area contributed by atoms with Crippen LogP contribution >= 0.6 is 11.6 Å². The number of hydrogen-bond donors (Lipinski definition) is 1. The summed E-state index contributed by atoms with van der Waals surface area (Å²) >= 11 is 5.81. The number of nitrogens with two attached hydrogens (primary N) is 1. The number of aromatic nitrogens is 1. The van der Waals surface area contributed by atoms with Crippen LogP contribution in [-0.2, 0) is 6.42 Å². The Morgan fingerprint density at radius 1 is 1.50 bits per heavy atom. The number of nitrogen functional groups attached to an aromatic ring is 1. The van der Waals surface area contributed by atoms with Gasteiger partial charge in [-0.1, -0.05) is 23.7 Å². The third kappa shape index (κ3) is 1.76. The number of hydrogen-bond acceptors (Lipinski definition) is 3. The maximum Gasteiger partial charge on any atom is 0.175 e. The lowest BCUT2D eigenvalue weighted by molar-refractivity contribution is 0.432. The molecule has 0 radical (unpaired) electrons. The third-order valence-electron chi connectivity index (χ3n) is 2.35. The van der Waals surface area contributed by atoms with Crippen molar-refractivity contribution in [1.29, 1.82) is 0 Å². The summed E-state index contributed by atoms with van der Waals surface area (Å²) in [6.45, 7) is 1.90. The average molecular weight is 241 g/mol. The average Bonchev–Trinajstić information content (AvgIpc) is 2.63. The normalized spacial score (nSPS) is 10.7. The molecule has 2 N–H and O–H groups in total. The lowest BCUT2D eigenvalue weighted by Crippen LogP contribution is -1.92. The number of rotatable bonds is 2. The topological polar surface area (TPSA) is 52.0 Å². The first-order valence-corrected chi connectivity index (χ1v) is 5.20. The molecule has 0 atom stereocenters. The van der Waals surface area contributed by atoms with Gasteiger partial charge in [-0.2, -0.15) is 0 Å². The van der Waals surface area contributed by atoms with Crippen LogP contribution in [0, 0.1) is 5.82 Å². The van der Waals surface area contributed by atoms with Crippen LogP contribution in [-0.4, -0.2) is 5.16 Å². The van der Waals surface area contributed by atoms with Crippen LogP contribution in [0.4, 0.5) is 10.2 Å². The van der Waals surface area contributed by atoms with Gasteiger partial charge in [-0.05, 0) is 24.6 Å². The first-order valence-electron chi connectivity index (χ1n) is 4.83. The smallest absolute Gasteiger partial charge is 0.175 e. The first kappa shape index (κ1) is 11.0. The molecule has 0 saturated carbocycles. The molecule has 0 aliphatic rings. The molecule has 1 heterocycles. The lowest BCUT2D eigenvalue weighted by atomic mass is 10.1. The Labute approximate surface area is 97.0 Å². The van der Waals surface area contributed by atoms with Crippen molar-refractivity contribution in [3.8, 4) is 11.3 Å². The zero-order valence-corrected chi connectivity index (χ0v) is 9.38. The van der Waals surface area contributed by atoms with Crippen LogP contribution in [0.3, 0.4) is 0 Å². The van der Waals surface area contributed by atoms with Gasteiger partial charge in [0.1, 0.15) is 5.82 Å². The summed E-state index contributed by atoms with van der Waals surface area (Å²) in [5.41, 5.74) is 6.60. The highest BCUT2D eigenvalue weighted by atomic mass is 35.5. The van der Waals surface area contributed by atoms with Crippen LogP contribution in [0.1, 0.15) is 12.5 Å². The van der Waals surface area contributed by atoms with Crippen LogP contribution in [0.2, 0.25) is 5.02 Å². The second kappa shape index (κ2) is 4.14. The molecule has 0 fully saturated rings. The zero-order valence-electron chi connectivity index (χ0n) is 8.63. The summed E-state index contributed by atoms with van der Waals surface area (Å²) < 4.78 is 18.6. The van der Waals surface area contributed by atoms with E-state index in [0.717, 1.165) is 0 Å². The zero-order chi connectivity index (χ0) is 11.7. The molecule has 0 amide bonds. The second-order valence-corrected chi connectivity index (χ2v) is 3.79. The molecule has 5 heteroatoms. The molecule has 3 nitrogen and oxygen atoms in total. The summed E-state index contributed by atoms with van der Waals surface area (Å²) in [7, 11) is 0. The molecule has 84 valence electrons. The highest BCUT2D eigenvalue weighted by molar-refractivity contribution is 6.30. The van der Waals surface area contributed by atoms with E-state index in [0.29, 0.717) is 22.8 Å². The monoisotopic (exact) mass is 240 g/mol. The SMILES string of the molecule is CCc1c(N)noc1-c1cc(Cl)ccc1F. The minimum absolute atomic E-state index is 0.286. The van der Waals surface area contributed by atoms with Gasteiger partial charge in [-0.15, -0.1) is 0 Å². The molecule has 2 rings (SSSR count). The van der Waals surface area contributed by atoms with Crippen molar-refractivity contribution in [2.45, 2.75) is 13.3 Å². The Kier molecular flexibility index (Phi) is 2.83. The lowest BCUT2D eigenvalue weighted by Gasteiger charge is -2.01. The largest absolute Gasteiger partial charge is 0.381 e. The van der Waals surface area contributed by atoms with Gasteiger partial charge in [0.15, 0.2) is 11.6 Å². The van der Waals surface area contributed by atoms with E-state index in [-0.39, 0.29) is 11.4 Å². The van der Waals surface area contributed by atoms with Gasteiger partial charge in [0.25, 0.3) is 0 Å². The fraction of sp³-hybridized carbons (Fsp3) is 0.182. The van der Waals surface area contributed by atoms with Crippen molar-refractivity contribution in [2.24, 2.45) is 0 Å². The van der Waals surface area contributed by atoms with E-state index >= 15 is 0 Å². The molecular formula is C11H10ClFN2O. The Hall–Kier alpha value is -1.55. The van der Waals surface area contributed by atoms with E-state index in [1.165, 1.54) is 18.2 Å². The number of anilines is 1. The minimum Gasteiger partial charge on any atom is -0.381 e. The van der Waals surface area contributed by atoms with Crippen LogP contribution < -0.4 is 5.73 Å². The van der Waals surface area contributed by atoms with Crippen LogP contribution in [0.5, 0.6) is 0 Å². The van der Waals surface area contributed by atoms with Crippen molar-refractivity contribution in [3.05, 3.63) is 34.6 Å². The summed E-state index contributed by atoms with van der Waals surface area (Å²) in [6.07, 6.45) is 0.622. The molecule has 2 aromatic rings. The van der Waals surface area contributed by atoms with Crippen molar-refractivity contribution < 1.29 is 8.91 Å². The van der Waals surface area contributed by atoms with Crippen LogP contribution in [0.15, 0.2) is 22.7 Å². The molecule has 0 aliphatic heterocycles. The van der Waals surface area contributed by atoms with Crippen LogP contribution in [0.25, 0.3) is 11.3 Å². The third-order valence-corrected chi connectivity index (χ3v) is 2.58. The summed E-state index contributed by atoms with van der Waals surface area (Å²) in [5, 5.41) is 4.07. The van der Waals surface area contributed by atoms with Gasteiger partial charge in [0, 0.05) is 10.6 Å². The van der Waals surface area contributed by atoms with Gasteiger partial charge >= 0.3 is 0 Å². The predicted molar refractivity (Wildman–Crippen MR) is 60.7 cm³/mol. The Bertz CT molecular complexity index is 525. The fourth-order valence-electron chi connectivity index (χ4n) is 1.55. The van der Waals surface area contributed by atoms with Gasteiger partial charge < -0.3 is 10.3 Å². The molecular weight excluding hydrogens is 231 g/mol. The predicted octanol–water partition coefficient (Wildman–Crippen LogP) is 3.28. The number of benzene rings is 1. The fourth-order valence-corrected chi connectivity index (χ4v) is 1.72. The van der Waals surface area contributed by atoms with Crippen molar-refractivity contribution in [3.63, 3.8) is 0 Å². The first-order chi connectivity index (χ1) is 7.63. The molecule has 0 bridgehead atoms. The summed E-state index contributed by atoms with van der Waals surface area (Å²) in [5.74, 6) is 0.229. The maximum absolute atomic E-state index is 13.6. The van der Waals surface area contributed by atoms with E-state index in [2.05, 4.69) is 5.16 Å². The standard InChI is InChI=1S/C11H10ClFN2O/c1-2-7-10(16-15-11(7)14)8-5-6(12)3-4-9(8)13/h3-5H,2H2,1H3,(H2,14,15). The molecule has 0 aliphatic carbocycles. The Balaban J connectivity index is 2.62. The molecule has 16 heavy (non-hydrogen) atoms. The van der Waals surface area contributed by atoms with E-state index < -0.39 is 5.82 Å². The van der Waals surface area contributed by atoms with Crippen molar-refractivity contribution in [1.82, 2.24) is 5.16 Å². The van der Waals surface area contributed by atoms with Gasteiger partial charge in [-0.25, -0.2) is 4.39 Å². The van der Waals surface area contributed by atoms with Gasteiger partial charge in [0.2, 0.25) is 0 Å².